The van der Waals surface area contributed by atoms with Crippen LogP contribution in [0.25, 0.3) is 0 Å². The molecule has 0 fully saturated rings. The molecule has 7 nitrogen and oxygen atoms in total. The summed E-state index contributed by atoms with van der Waals surface area (Å²) in [6.07, 6.45) is 6.31. The molecule has 2 heterocycles. The number of hydrogen-bond donors (Lipinski definition) is 2. The predicted molar refractivity (Wildman–Crippen MR) is 85.6 cm³/mol. The van der Waals surface area contributed by atoms with E-state index in [-0.39, 0.29) is 18.0 Å². The maximum atomic E-state index is 12.2. The van der Waals surface area contributed by atoms with Gasteiger partial charge in [-0.15, -0.1) is 0 Å². The molecule has 0 radical (unpaired) electrons. The number of nitrogens with zero attached hydrogens (tertiary/aromatic N) is 4. The lowest BCUT2D eigenvalue weighted by atomic mass is 10.2. The molecule has 0 aliphatic rings. The molecule has 2 aromatic heterocycles. The first-order valence-electron chi connectivity index (χ1n) is 7.67. The number of carbonyl (C=O) groups is 1. The topological polar surface area (TPSA) is 76.8 Å². The van der Waals surface area contributed by atoms with Crippen molar-refractivity contribution in [2.45, 2.75) is 45.8 Å². The van der Waals surface area contributed by atoms with Crippen LogP contribution in [-0.2, 0) is 11.3 Å². The van der Waals surface area contributed by atoms with Crippen LogP contribution in [0, 0.1) is 0 Å². The summed E-state index contributed by atoms with van der Waals surface area (Å²) in [4.78, 5) is 12.2. The third-order valence-electron chi connectivity index (χ3n) is 3.67. The molecule has 0 aliphatic carbocycles. The van der Waals surface area contributed by atoms with Gasteiger partial charge < -0.3 is 10.6 Å². The Morgan fingerprint density at radius 2 is 2.14 bits per heavy atom. The fourth-order valence-electron chi connectivity index (χ4n) is 2.09. The van der Waals surface area contributed by atoms with E-state index < -0.39 is 0 Å². The average Bonchev–Trinajstić information content (AvgIpc) is 3.17. The number of rotatable bonds is 8. The molecule has 0 unspecified atom stereocenters. The van der Waals surface area contributed by atoms with Crippen molar-refractivity contribution in [1.29, 1.82) is 0 Å². The van der Waals surface area contributed by atoms with Gasteiger partial charge >= 0.3 is 0 Å². The summed E-state index contributed by atoms with van der Waals surface area (Å²) >= 11 is 0. The highest BCUT2D eigenvalue weighted by molar-refractivity contribution is 5.93. The monoisotopic (exact) mass is 304 g/mol. The van der Waals surface area contributed by atoms with Crippen LogP contribution >= 0.6 is 0 Å². The average molecular weight is 304 g/mol. The molecule has 0 aromatic carbocycles. The largest absolute Gasteiger partial charge is 0.310 e. The molecule has 0 bridgehead atoms. The van der Waals surface area contributed by atoms with Gasteiger partial charge in [0.05, 0.1) is 24.8 Å². The van der Waals surface area contributed by atoms with Gasteiger partial charge in [0.1, 0.15) is 5.82 Å². The maximum absolute atomic E-state index is 12.2. The Hall–Kier alpha value is -2.15. The van der Waals surface area contributed by atoms with Crippen LogP contribution in [0.1, 0.15) is 33.2 Å². The number of carbonyl (C=O) groups excluding carboxylic acids is 1. The van der Waals surface area contributed by atoms with Crippen molar-refractivity contribution >= 4 is 11.7 Å². The third kappa shape index (κ3) is 4.17. The molecule has 2 N–H and O–H groups in total. The van der Waals surface area contributed by atoms with Gasteiger partial charge in [0.2, 0.25) is 5.91 Å². The fourth-order valence-corrected chi connectivity index (χ4v) is 2.09. The highest BCUT2D eigenvalue weighted by atomic mass is 16.2. The Balaban J connectivity index is 1.82. The first-order chi connectivity index (χ1) is 10.6. The SMILES string of the molecule is CC[C@H](C)n1nccc1NC(=O)[C@H](C)NCCn1cccn1. The van der Waals surface area contributed by atoms with Gasteiger partial charge in [-0.25, -0.2) is 4.68 Å². The van der Waals surface area contributed by atoms with E-state index in [0.29, 0.717) is 6.54 Å². The summed E-state index contributed by atoms with van der Waals surface area (Å²) in [5.74, 6) is 0.672. The lowest BCUT2D eigenvalue weighted by molar-refractivity contribution is -0.117. The minimum Gasteiger partial charge on any atom is -0.310 e. The highest BCUT2D eigenvalue weighted by Crippen LogP contribution is 2.16. The van der Waals surface area contributed by atoms with Gasteiger partial charge in [0.25, 0.3) is 0 Å². The number of amides is 1. The molecule has 1 amide bonds. The Morgan fingerprint density at radius 3 is 2.82 bits per heavy atom. The molecule has 0 saturated heterocycles. The first kappa shape index (κ1) is 16.2. The summed E-state index contributed by atoms with van der Waals surface area (Å²) in [6, 6.07) is 3.68. The van der Waals surface area contributed by atoms with Gasteiger partial charge in [-0.1, -0.05) is 6.92 Å². The van der Waals surface area contributed by atoms with Crippen molar-refractivity contribution in [1.82, 2.24) is 24.9 Å². The van der Waals surface area contributed by atoms with Crippen LogP contribution in [0.3, 0.4) is 0 Å². The third-order valence-corrected chi connectivity index (χ3v) is 3.67. The lowest BCUT2D eigenvalue weighted by Crippen LogP contribution is -2.40. The van der Waals surface area contributed by atoms with Crippen molar-refractivity contribution in [2.24, 2.45) is 0 Å². The highest BCUT2D eigenvalue weighted by Gasteiger charge is 2.15. The quantitative estimate of drug-likeness (QED) is 0.778. The van der Waals surface area contributed by atoms with E-state index in [2.05, 4.69) is 34.7 Å². The van der Waals surface area contributed by atoms with Crippen molar-refractivity contribution in [2.75, 3.05) is 11.9 Å². The Bertz CT molecular complexity index is 577. The first-order valence-corrected chi connectivity index (χ1v) is 7.67. The van der Waals surface area contributed by atoms with E-state index in [1.54, 1.807) is 12.4 Å². The molecular formula is C15H24N6O. The van der Waals surface area contributed by atoms with Crippen molar-refractivity contribution in [3.8, 4) is 0 Å². The molecule has 0 aliphatic heterocycles. The minimum absolute atomic E-state index is 0.0643. The summed E-state index contributed by atoms with van der Waals surface area (Å²) < 4.78 is 3.67. The zero-order valence-corrected chi connectivity index (χ0v) is 13.4. The van der Waals surface area contributed by atoms with Crippen molar-refractivity contribution < 1.29 is 4.79 Å². The smallest absolute Gasteiger partial charge is 0.242 e. The summed E-state index contributed by atoms with van der Waals surface area (Å²) in [5, 5.41) is 14.5. The molecule has 120 valence electrons. The van der Waals surface area contributed by atoms with E-state index in [9.17, 15) is 4.79 Å². The van der Waals surface area contributed by atoms with Crippen LogP contribution in [0.15, 0.2) is 30.7 Å². The van der Waals surface area contributed by atoms with Gasteiger partial charge in [-0.2, -0.15) is 10.2 Å². The van der Waals surface area contributed by atoms with Gasteiger partial charge in [0.15, 0.2) is 0 Å². The summed E-state index contributed by atoms with van der Waals surface area (Å²) in [7, 11) is 0. The van der Waals surface area contributed by atoms with Crippen LogP contribution in [0.4, 0.5) is 5.82 Å². The Labute approximate surface area is 130 Å². The summed E-state index contributed by atoms with van der Waals surface area (Å²) in [6.45, 7) is 7.44. The maximum Gasteiger partial charge on any atom is 0.242 e. The zero-order chi connectivity index (χ0) is 15.9. The normalized spacial score (nSPS) is 13.8. The van der Waals surface area contributed by atoms with E-state index in [1.807, 2.05) is 34.6 Å². The number of hydrogen-bond acceptors (Lipinski definition) is 4. The number of aromatic nitrogens is 4. The van der Waals surface area contributed by atoms with E-state index in [1.165, 1.54) is 0 Å². The Morgan fingerprint density at radius 1 is 1.32 bits per heavy atom. The second kappa shape index (κ2) is 7.74. The standard InChI is InChI=1S/C15H24N6O/c1-4-12(2)21-14(6-8-18-21)19-15(22)13(3)16-9-11-20-10-5-7-17-20/h5-8,10,12-13,16H,4,9,11H2,1-3H3,(H,19,22)/t12-,13-/m0/s1. The molecule has 2 rings (SSSR count). The molecule has 22 heavy (non-hydrogen) atoms. The number of nitrogens with one attached hydrogen (secondary N) is 2. The predicted octanol–water partition coefficient (Wildman–Crippen LogP) is 1.67. The zero-order valence-electron chi connectivity index (χ0n) is 13.4. The molecule has 7 heteroatoms. The van der Waals surface area contributed by atoms with Gasteiger partial charge in [0, 0.05) is 25.0 Å². The van der Waals surface area contributed by atoms with E-state index >= 15 is 0 Å². The molecular weight excluding hydrogens is 280 g/mol. The van der Waals surface area contributed by atoms with E-state index in [0.717, 1.165) is 18.8 Å². The Kier molecular flexibility index (Phi) is 5.71. The molecule has 0 spiro atoms. The minimum atomic E-state index is -0.282. The summed E-state index contributed by atoms with van der Waals surface area (Å²) in [5.41, 5.74) is 0. The van der Waals surface area contributed by atoms with Crippen molar-refractivity contribution in [3.63, 3.8) is 0 Å². The van der Waals surface area contributed by atoms with Crippen LogP contribution in [0.2, 0.25) is 0 Å². The van der Waals surface area contributed by atoms with Crippen LogP contribution in [-0.4, -0.2) is 38.1 Å². The molecule has 0 saturated carbocycles. The number of anilines is 1. The van der Waals surface area contributed by atoms with Crippen LogP contribution in [0.5, 0.6) is 0 Å². The fraction of sp³-hybridized carbons (Fsp3) is 0.533. The van der Waals surface area contributed by atoms with Gasteiger partial charge in [-0.3, -0.25) is 9.48 Å². The molecule has 2 aromatic rings. The lowest BCUT2D eigenvalue weighted by Gasteiger charge is -2.17. The molecule has 2 atom stereocenters. The van der Waals surface area contributed by atoms with Gasteiger partial charge in [-0.05, 0) is 26.3 Å². The van der Waals surface area contributed by atoms with E-state index in [4.69, 9.17) is 0 Å². The van der Waals surface area contributed by atoms with Crippen molar-refractivity contribution in [3.05, 3.63) is 30.7 Å². The second-order valence-electron chi connectivity index (χ2n) is 5.35. The second-order valence-corrected chi connectivity index (χ2v) is 5.35. The van der Waals surface area contributed by atoms with Crippen LogP contribution < -0.4 is 10.6 Å².